The number of amides is 1. The molecule has 3 fully saturated rings. The summed E-state index contributed by atoms with van der Waals surface area (Å²) in [5.74, 6) is -6.48. The van der Waals surface area contributed by atoms with Gasteiger partial charge in [-0.3, -0.25) is 14.4 Å². The number of Topliss-reactive ketones (excluding diaryl/α,β-unsaturated/α-hetero) is 1. The van der Waals surface area contributed by atoms with Gasteiger partial charge in [0.1, 0.15) is 29.0 Å². The fourth-order valence-electron chi connectivity index (χ4n) is 10.3. The fraction of sp³-hybridized carbons (Fsp3) is 0.565. The van der Waals surface area contributed by atoms with Crippen LogP contribution < -0.4 is 5.32 Å². The summed E-state index contributed by atoms with van der Waals surface area (Å²) in [5.41, 5.74) is -7.79. The second kappa shape index (κ2) is 16.3. The minimum absolute atomic E-state index is 0.00997. The van der Waals surface area contributed by atoms with Crippen molar-refractivity contribution in [2.45, 2.75) is 141 Å². The molecule has 4 aliphatic rings. The van der Waals surface area contributed by atoms with Crippen LogP contribution in [-0.2, 0) is 42.9 Å². The van der Waals surface area contributed by atoms with Crippen molar-refractivity contribution < 1.29 is 67.8 Å². The lowest BCUT2D eigenvalue weighted by atomic mass is 9.41. The Balaban J connectivity index is 1.54. The molecule has 330 valence electrons. The Bertz CT molecular complexity index is 2090. The van der Waals surface area contributed by atoms with E-state index < -0.39 is 118 Å². The third-order valence-corrected chi connectivity index (χ3v) is 13.4. The summed E-state index contributed by atoms with van der Waals surface area (Å²) in [6, 6.07) is 14.7. The van der Waals surface area contributed by atoms with Gasteiger partial charge in [0.05, 0.1) is 29.0 Å². The highest BCUT2D eigenvalue weighted by Gasteiger charge is 2.77. The quantitative estimate of drug-likeness (QED) is 0.151. The van der Waals surface area contributed by atoms with E-state index in [1.54, 1.807) is 83.1 Å². The Hall–Kier alpha value is -5.12. The van der Waals surface area contributed by atoms with Gasteiger partial charge in [0.15, 0.2) is 18.0 Å². The van der Waals surface area contributed by atoms with Gasteiger partial charge in [0.2, 0.25) is 0 Å². The molecule has 0 radical (unpaired) electrons. The molecule has 15 nitrogen and oxygen atoms in total. The molecule has 3 saturated carbocycles. The van der Waals surface area contributed by atoms with Gasteiger partial charge in [-0.1, -0.05) is 62.4 Å². The van der Waals surface area contributed by atoms with Crippen LogP contribution in [0.2, 0.25) is 0 Å². The van der Waals surface area contributed by atoms with Crippen LogP contribution in [0.3, 0.4) is 0 Å². The maximum absolute atomic E-state index is 15.5. The van der Waals surface area contributed by atoms with Crippen LogP contribution in [0.4, 0.5) is 4.79 Å². The Morgan fingerprint density at radius 1 is 0.885 bits per heavy atom. The van der Waals surface area contributed by atoms with E-state index >= 15 is 4.79 Å². The average molecular weight is 848 g/mol. The summed E-state index contributed by atoms with van der Waals surface area (Å²) in [6.07, 6.45) is -9.28. The molecule has 2 aromatic carbocycles. The normalized spacial score (nSPS) is 32.5. The van der Waals surface area contributed by atoms with Crippen LogP contribution in [0.15, 0.2) is 71.8 Å². The van der Waals surface area contributed by atoms with Crippen molar-refractivity contribution in [3.63, 3.8) is 0 Å². The predicted octanol–water partition coefficient (Wildman–Crippen LogP) is 4.84. The lowest BCUT2D eigenvalue weighted by molar-refractivity contribution is -0.296. The number of alkyl carbamates (subject to hydrolysis) is 1. The first-order valence-corrected chi connectivity index (χ1v) is 20.6. The van der Waals surface area contributed by atoms with Crippen molar-refractivity contribution in [2.75, 3.05) is 0 Å². The second-order valence-electron chi connectivity index (χ2n) is 18.6. The number of hydrogen-bond acceptors (Lipinski definition) is 14. The SMILES string of the molecule is CC(=O)O[C@H]1C(=O)[C@@]2(C)C([C@H](OC(=O)c3ccccc3)[C@]3(O)C[C@H](OC(=O)[C@H](O)[C@@H](NC(=O)OC(C)(C)C)c4ccccc4)C(C)=C1C3(C)C)[C@]1(OC(C)=O)CC[C@@H]1C[C@@H]2O. The molecule has 61 heavy (non-hydrogen) atoms. The van der Waals surface area contributed by atoms with Crippen molar-refractivity contribution in [1.82, 2.24) is 5.32 Å². The summed E-state index contributed by atoms with van der Waals surface area (Å²) in [4.78, 5) is 83.0. The molecule has 0 aliphatic heterocycles. The molecule has 6 rings (SSSR count). The molecule has 2 bridgehead atoms. The number of benzene rings is 2. The van der Waals surface area contributed by atoms with Crippen LogP contribution in [0.5, 0.6) is 0 Å². The zero-order chi connectivity index (χ0) is 45.0. The molecule has 0 saturated heterocycles. The van der Waals surface area contributed by atoms with Crippen LogP contribution in [-0.4, -0.2) is 98.4 Å². The number of carbonyl (C=O) groups excluding carboxylic acids is 6. The maximum Gasteiger partial charge on any atom is 0.408 e. The largest absolute Gasteiger partial charge is 0.458 e. The number of carbonyl (C=O) groups is 6. The molecule has 0 aromatic heterocycles. The smallest absolute Gasteiger partial charge is 0.408 e. The van der Waals surface area contributed by atoms with Gasteiger partial charge in [-0.05, 0) is 82.7 Å². The number of aliphatic hydroxyl groups excluding tert-OH is 2. The number of fused-ring (bicyclic) bond motifs is 5. The van der Waals surface area contributed by atoms with Gasteiger partial charge in [0.25, 0.3) is 0 Å². The number of aliphatic hydroxyl groups is 3. The van der Waals surface area contributed by atoms with Crippen LogP contribution in [0.1, 0.15) is 110 Å². The summed E-state index contributed by atoms with van der Waals surface area (Å²) >= 11 is 0. The Kier molecular flexibility index (Phi) is 12.1. The number of nitrogens with one attached hydrogen (secondary N) is 1. The lowest BCUT2D eigenvalue weighted by Crippen LogP contribution is -2.78. The number of esters is 4. The number of rotatable bonds is 9. The van der Waals surface area contributed by atoms with Crippen LogP contribution in [0.25, 0.3) is 0 Å². The maximum atomic E-state index is 15.5. The Morgan fingerprint density at radius 2 is 1.49 bits per heavy atom. The topological polar surface area (TPSA) is 221 Å². The van der Waals surface area contributed by atoms with E-state index in [0.29, 0.717) is 12.0 Å². The van der Waals surface area contributed by atoms with Crippen molar-refractivity contribution in [3.05, 3.63) is 82.9 Å². The standard InChI is InChI=1S/C46H57NO14/c1-24-30(58-40(54)34(51)33(27-16-12-10-13-17-27)47-41(55)61-42(4,5)6)23-46(56)38(59-39(53)28-18-14-11-15-19-28)36-44(9,31(50)22-29-20-21-45(29,36)60-26(3)49)37(52)35(57-25(2)48)32(24)43(46,7)8/h10-19,29-31,33-36,38,50-51,56H,20-23H2,1-9H3,(H,47,55)/t29-,30+,31+,33+,34-,35-,36?,38+,44-,45+,46-/m1/s1. The summed E-state index contributed by atoms with van der Waals surface area (Å²) in [7, 11) is 0. The molecular weight excluding hydrogens is 790 g/mol. The number of ether oxygens (including phenoxy) is 5. The minimum Gasteiger partial charge on any atom is -0.458 e. The van der Waals surface area contributed by atoms with Gasteiger partial charge >= 0.3 is 30.0 Å². The molecule has 0 spiro atoms. The Labute approximate surface area is 355 Å². The van der Waals surface area contributed by atoms with Crippen molar-refractivity contribution in [1.29, 1.82) is 0 Å². The van der Waals surface area contributed by atoms with Crippen molar-refractivity contribution in [2.24, 2.45) is 22.7 Å². The third-order valence-electron chi connectivity index (χ3n) is 13.4. The summed E-state index contributed by atoms with van der Waals surface area (Å²) in [5, 5.41) is 40.0. The van der Waals surface area contributed by atoms with Crippen LogP contribution >= 0.6 is 0 Å². The molecular formula is C46H57NO14. The van der Waals surface area contributed by atoms with Gasteiger partial charge < -0.3 is 44.3 Å². The van der Waals surface area contributed by atoms with E-state index in [1.807, 2.05) is 0 Å². The summed E-state index contributed by atoms with van der Waals surface area (Å²) < 4.78 is 30.0. The average Bonchev–Trinajstić information content (AvgIpc) is 3.17. The summed E-state index contributed by atoms with van der Waals surface area (Å²) in [6.45, 7) is 13.4. The van der Waals surface area contributed by atoms with E-state index in [4.69, 9.17) is 23.7 Å². The molecule has 4 N–H and O–H groups in total. The first kappa shape index (κ1) is 45.4. The lowest BCUT2D eigenvalue weighted by Gasteiger charge is -2.68. The molecule has 1 unspecified atom stereocenters. The third kappa shape index (κ3) is 7.96. The first-order chi connectivity index (χ1) is 28.4. The molecule has 15 heteroatoms. The number of ketones is 1. The first-order valence-electron chi connectivity index (χ1n) is 20.6. The zero-order valence-corrected chi connectivity index (χ0v) is 36.1. The molecule has 0 heterocycles. The predicted molar refractivity (Wildman–Crippen MR) is 216 cm³/mol. The van der Waals surface area contributed by atoms with E-state index in [1.165, 1.54) is 32.9 Å². The van der Waals surface area contributed by atoms with Crippen molar-refractivity contribution >= 4 is 35.8 Å². The van der Waals surface area contributed by atoms with Gasteiger partial charge in [-0.15, -0.1) is 0 Å². The molecule has 1 amide bonds. The minimum atomic E-state index is -2.34. The van der Waals surface area contributed by atoms with Crippen molar-refractivity contribution in [3.8, 4) is 0 Å². The Morgan fingerprint density at radius 3 is 2.03 bits per heavy atom. The van der Waals surface area contributed by atoms with E-state index in [-0.39, 0.29) is 29.6 Å². The van der Waals surface area contributed by atoms with Gasteiger partial charge in [-0.25, -0.2) is 14.4 Å². The zero-order valence-electron chi connectivity index (χ0n) is 36.1. The molecule has 11 atom stereocenters. The molecule has 4 aliphatic carbocycles. The monoisotopic (exact) mass is 847 g/mol. The molecule has 2 aromatic rings. The van der Waals surface area contributed by atoms with E-state index in [0.717, 1.165) is 6.92 Å². The second-order valence-corrected chi connectivity index (χ2v) is 18.6. The number of hydrogen-bond donors (Lipinski definition) is 4. The fourth-order valence-corrected chi connectivity index (χ4v) is 10.3. The van der Waals surface area contributed by atoms with Gasteiger partial charge in [-0.2, -0.15) is 0 Å². The highest BCUT2D eigenvalue weighted by atomic mass is 16.6. The van der Waals surface area contributed by atoms with Crippen LogP contribution in [0, 0.1) is 22.7 Å². The van der Waals surface area contributed by atoms with Gasteiger partial charge in [0, 0.05) is 31.6 Å². The highest BCUT2D eigenvalue weighted by molar-refractivity contribution is 5.95. The highest BCUT2D eigenvalue weighted by Crippen LogP contribution is 2.67. The van der Waals surface area contributed by atoms with E-state index in [9.17, 15) is 39.3 Å². The van der Waals surface area contributed by atoms with E-state index in [2.05, 4.69) is 5.32 Å².